The predicted molar refractivity (Wildman–Crippen MR) is 91.3 cm³/mol. The fraction of sp³-hybridized carbons (Fsp3) is 0.263. The highest BCUT2D eigenvalue weighted by atomic mass is 32.2. The van der Waals surface area contributed by atoms with Crippen LogP contribution in [0.5, 0.6) is 0 Å². The van der Waals surface area contributed by atoms with Crippen molar-refractivity contribution in [2.45, 2.75) is 36.2 Å². The van der Waals surface area contributed by atoms with E-state index < -0.39 is 10.9 Å². The molecule has 124 valence electrons. The number of rotatable bonds is 5. The van der Waals surface area contributed by atoms with Gasteiger partial charge in [-0.25, -0.2) is 4.79 Å². The minimum atomic E-state index is -1.29. The summed E-state index contributed by atoms with van der Waals surface area (Å²) >= 11 is 1.25. The van der Waals surface area contributed by atoms with Gasteiger partial charge in [0.25, 0.3) is 4.93 Å². The lowest BCUT2D eigenvalue weighted by Gasteiger charge is -2.25. The summed E-state index contributed by atoms with van der Waals surface area (Å²) in [6, 6.07) is 17.1. The Bertz CT molecular complexity index is 744. The summed E-state index contributed by atoms with van der Waals surface area (Å²) in [5.74, 6) is -0.877. The van der Waals surface area contributed by atoms with Gasteiger partial charge in [0.05, 0.1) is 6.42 Å². The van der Waals surface area contributed by atoms with Crippen molar-refractivity contribution in [3.8, 4) is 0 Å². The molecule has 1 fully saturated rings. The van der Waals surface area contributed by atoms with Crippen molar-refractivity contribution >= 4 is 23.7 Å². The second-order valence-electron chi connectivity index (χ2n) is 5.66. The number of hydrogen-bond acceptors (Lipinski definition) is 5. The molecule has 0 aromatic heterocycles. The summed E-state index contributed by atoms with van der Waals surface area (Å²) in [5.41, 5.74) is 1.92. The Morgan fingerprint density at radius 1 is 1.17 bits per heavy atom. The van der Waals surface area contributed by atoms with Crippen LogP contribution in [-0.4, -0.2) is 16.9 Å². The first-order chi connectivity index (χ1) is 11.6. The van der Waals surface area contributed by atoms with Gasteiger partial charge in [-0.15, -0.1) is 0 Å². The molecule has 24 heavy (non-hydrogen) atoms. The molecule has 1 aliphatic rings. The maximum atomic E-state index is 12.7. The first-order valence-corrected chi connectivity index (χ1v) is 8.58. The van der Waals surface area contributed by atoms with E-state index in [4.69, 9.17) is 9.47 Å². The third-order valence-electron chi connectivity index (χ3n) is 3.83. The normalized spacial score (nSPS) is 19.8. The summed E-state index contributed by atoms with van der Waals surface area (Å²) in [6.07, 6.45) is 0.539. The number of cyclic esters (lactones) is 1. The summed E-state index contributed by atoms with van der Waals surface area (Å²) < 4.78 is 10.8. The third kappa shape index (κ3) is 3.62. The number of ether oxygens (including phenoxy) is 2. The van der Waals surface area contributed by atoms with E-state index in [1.54, 1.807) is 0 Å². The van der Waals surface area contributed by atoms with Crippen LogP contribution >= 0.6 is 11.8 Å². The molecular formula is C19H18O4S. The molecule has 0 spiro atoms. The van der Waals surface area contributed by atoms with Gasteiger partial charge >= 0.3 is 11.9 Å². The van der Waals surface area contributed by atoms with Gasteiger partial charge in [0.2, 0.25) is 0 Å². The average molecular weight is 342 g/mol. The number of benzene rings is 2. The quantitative estimate of drug-likeness (QED) is 0.772. The molecule has 0 bridgehead atoms. The first kappa shape index (κ1) is 16.6. The van der Waals surface area contributed by atoms with E-state index in [0.717, 1.165) is 16.0 Å². The highest BCUT2D eigenvalue weighted by molar-refractivity contribution is 8.01. The summed E-state index contributed by atoms with van der Waals surface area (Å²) in [4.78, 5) is 24.0. The standard InChI is InChI=1S/C19H18O4S/c1-14-7-5-6-10-16(14)24-19(12-11-17(20)23-19)18(21)22-13-15-8-3-2-4-9-15/h2-10H,11-13H2,1H3. The summed E-state index contributed by atoms with van der Waals surface area (Å²) in [6.45, 7) is 2.12. The van der Waals surface area contributed by atoms with Gasteiger partial charge in [-0.2, -0.15) is 0 Å². The monoisotopic (exact) mass is 342 g/mol. The number of hydrogen-bond donors (Lipinski definition) is 0. The van der Waals surface area contributed by atoms with E-state index in [1.807, 2.05) is 61.5 Å². The Hall–Kier alpha value is -2.27. The van der Waals surface area contributed by atoms with Gasteiger partial charge < -0.3 is 9.47 Å². The molecule has 0 aliphatic carbocycles. The van der Waals surface area contributed by atoms with E-state index in [0.29, 0.717) is 6.42 Å². The number of esters is 2. The topological polar surface area (TPSA) is 52.6 Å². The van der Waals surface area contributed by atoms with Crippen LogP contribution in [0.2, 0.25) is 0 Å². The molecule has 2 aromatic carbocycles. The Kier molecular flexibility index (Phi) is 4.90. The number of carbonyl (C=O) groups excluding carboxylic acids is 2. The molecule has 1 atom stereocenters. The van der Waals surface area contributed by atoms with E-state index in [1.165, 1.54) is 11.8 Å². The van der Waals surface area contributed by atoms with Crippen LogP contribution in [0.15, 0.2) is 59.5 Å². The molecule has 2 aromatic rings. The number of carbonyl (C=O) groups is 2. The van der Waals surface area contributed by atoms with Crippen LogP contribution in [-0.2, 0) is 25.7 Å². The van der Waals surface area contributed by atoms with Gasteiger partial charge in [-0.3, -0.25) is 4.79 Å². The lowest BCUT2D eigenvalue weighted by atomic mass is 10.2. The summed E-state index contributed by atoms with van der Waals surface area (Å²) in [5, 5.41) is 0. The van der Waals surface area contributed by atoms with E-state index in [9.17, 15) is 9.59 Å². The minimum absolute atomic E-state index is 0.160. The molecule has 1 saturated heterocycles. The van der Waals surface area contributed by atoms with Crippen molar-refractivity contribution < 1.29 is 19.1 Å². The van der Waals surface area contributed by atoms with Crippen LogP contribution in [0, 0.1) is 6.92 Å². The largest absolute Gasteiger partial charge is 0.457 e. The highest BCUT2D eigenvalue weighted by Gasteiger charge is 2.50. The Morgan fingerprint density at radius 2 is 1.88 bits per heavy atom. The van der Waals surface area contributed by atoms with E-state index >= 15 is 0 Å². The van der Waals surface area contributed by atoms with Crippen LogP contribution in [0.25, 0.3) is 0 Å². The Labute approximate surface area is 145 Å². The molecular weight excluding hydrogens is 324 g/mol. The van der Waals surface area contributed by atoms with Crippen molar-refractivity contribution in [2.24, 2.45) is 0 Å². The smallest absolute Gasteiger partial charge is 0.362 e. The lowest BCUT2D eigenvalue weighted by molar-refractivity contribution is -0.165. The molecule has 3 rings (SSSR count). The Balaban J connectivity index is 1.77. The van der Waals surface area contributed by atoms with E-state index in [2.05, 4.69) is 0 Å². The molecule has 0 amide bonds. The fourth-order valence-electron chi connectivity index (χ4n) is 2.49. The number of aryl methyl sites for hydroxylation is 1. The lowest BCUT2D eigenvalue weighted by Crippen LogP contribution is -2.36. The molecule has 0 N–H and O–H groups in total. The van der Waals surface area contributed by atoms with Crippen LogP contribution < -0.4 is 0 Å². The molecule has 5 heteroatoms. The molecule has 1 aliphatic heterocycles. The van der Waals surface area contributed by atoms with Crippen molar-refractivity contribution in [1.29, 1.82) is 0 Å². The zero-order valence-corrected chi connectivity index (χ0v) is 14.2. The third-order valence-corrected chi connectivity index (χ3v) is 5.29. The Morgan fingerprint density at radius 3 is 2.54 bits per heavy atom. The predicted octanol–water partition coefficient (Wildman–Crippen LogP) is 3.86. The van der Waals surface area contributed by atoms with Gasteiger partial charge in [-0.1, -0.05) is 60.3 Å². The molecule has 1 heterocycles. The second-order valence-corrected chi connectivity index (χ2v) is 6.96. The second kappa shape index (κ2) is 7.09. The summed E-state index contributed by atoms with van der Waals surface area (Å²) in [7, 11) is 0. The van der Waals surface area contributed by atoms with E-state index in [-0.39, 0.29) is 19.0 Å². The molecule has 0 saturated carbocycles. The fourth-order valence-corrected chi connectivity index (χ4v) is 3.70. The van der Waals surface area contributed by atoms with Crippen molar-refractivity contribution in [3.05, 3.63) is 65.7 Å². The maximum absolute atomic E-state index is 12.7. The first-order valence-electron chi connectivity index (χ1n) is 7.77. The maximum Gasteiger partial charge on any atom is 0.362 e. The minimum Gasteiger partial charge on any atom is -0.457 e. The molecule has 4 nitrogen and oxygen atoms in total. The van der Waals surface area contributed by atoms with Crippen molar-refractivity contribution in [2.75, 3.05) is 0 Å². The van der Waals surface area contributed by atoms with Crippen molar-refractivity contribution in [1.82, 2.24) is 0 Å². The van der Waals surface area contributed by atoms with Gasteiger partial charge in [-0.05, 0) is 24.1 Å². The van der Waals surface area contributed by atoms with Gasteiger partial charge in [0, 0.05) is 11.3 Å². The zero-order chi connectivity index (χ0) is 17.0. The number of thioether (sulfide) groups is 1. The van der Waals surface area contributed by atoms with Gasteiger partial charge in [0.1, 0.15) is 6.61 Å². The molecule has 0 radical (unpaired) electrons. The zero-order valence-electron chi connectivity index (χ0n) is 13.4. The highest BCUT2D eigenvalue weighted by Crippen LogP contribution is 2.44. The average Bonchev–Trinajstić information content (AvgIpc) is 2.98. The SMILES string of the molecule is Cc1ccccc1SC1(C(=O)OCc2ccccc2)CCC(=O)O1. The molecule has 1 unspecified atom stereocenters. The van der Waals surface area contributed by atoms with Crippen LogP contribution in [0.4, 0.5) is 0 Å². The van der Waals surface area contributed by atoms with Crippen LogP contribution in [0.3, 0.4) is 0 Å². The van der Waals surface area contributed by atoms with Gasteiger partial charge in [0.15, 0.2) is 0 Å². The van der Waals surface area contributed by atoms with Crippen molar-refractivity contribution in [3.63, 3.8) is 0 Å². The van der Waals surface area contributed by atoms with Crippen LogP contribution in [0.1, 0.15) is 24.0 Å².